The fourth-order valence-corrected chi connectivity index (χ4v) is 3.14. The van der Waals surface area contributed by atoms with Gasteiger partial charge >= 0.3 is 0 Å². The molecule has 5 nitrogen and oxygen atoms in total. The third kappa shape index (κ3) is 4.75. The van der Waals surface area contributed by atoms with Crippen LogP contribution in [0.5, 0.6) is 5.75 Å². The van der Waals surface area contributed by atoms with Crippen LogP contribution >= 0.6 is 0 Å². The number of carbonyl (C=O) groups is 4. The zero-order valence-corrected chi connectivity index (χ0v) is 16.4. The predicted octanol–water partition coefficient (Wildman–Crippen LogP) is 4.61. The molecule has 3 aromatic rings. The zero-order chi connectivity index (χ0) is 21.7. The molecule has 5 heteroatoms. The summed E-state index contributed by atoms with van der Waals surface area (Å²) < 4.78 is 0. The van der Waals surface area contributed by atoms with Crippen LogP contribution in [0.15, 0.2) is 72.8 Å². The normalized spacial score (nSPS) is 10.4. The molecule has 0 unspecified atom stereocenters. The second kappa shape index (κ2) is 9.09. The van der Waals surface area contributed by atoms with Gasteiger partial charge in [-0.3, -0.25) is 19.2 Å². The summed E-state index contributed by atoms with van der Waals surface area (Å²) in [6.07, 6.45) is -0.866. The first-order valence-electron chi connectivity index (χ1n) is 9.43. The summed E-state index contributed by atoms with van der Waals surface area (Å²) in [5.41, 5.74) is 1.15. The molecule has 0 radical (unpaired) electrons. The third-order valence-corrected chi connectivity index (χ3v) is 4.69. The molecule has 0 heterocycles. The van der Waals surface area contributed by atoms with Gasteiger partial charge in [0.2, 0.25) is 0 Å². The van der Waals surface area contributed by atoms with E-state index < -0.39 is 30.2 Å². The summed E-state index contributed by atoms with van der Waals surface area (Å²) in [5, 5.41) is 10.6. The van der Waals surface area contributed by atoms with Gasteiger partial charge < -0.3 is 5.11 Å². The van der Waals surface area contributed by atoms with Crippen molar-refractivity contribution in [3.8, 4) is 5.75 Å². The van der Waals surface area contributed by atoms with Crippen molar-refractivity contribution in [1.82, 2.24) is 0 Å². The number of phenols is 1. The van der Waals surface area contributed by atoms with E-state index in [1.807, 2.05) is 0 Å². The molecule has 0 aliphatic rings. The van der Waals surface area contributed by atoms with E-state index in [1.54, 1.807) is 67.6 Å². The van der Waals surface area contributed by atoms with Crippen molar-refractivity contribution in [2.75, 3.05) is 0 Å². The highest BCUT2D eigenvalue weighted by atomic mass is 16.3. The number of ketones is 4. The number of benzene rings is 3. The van der Waals surface area contributed by atoms with E-state index in [1.165, 1.54) is 12.1 Å². The van der Waals surface area contributed by atoms with E-state index in [4.69, 9.17) is 0 Å². The number of Topliss-reactive ketones (excluding diaryl/α,β-unsaturated/α-hetero) is 4. The first kappa shape index (κ1) is 20.9. The molecule has 0 atom stereocenters. The molecule has 0 amide bonds. The monoisotopic (exact) mass is 400 g/mol. The number of carbonyl (C=O) groups excluding carboxylic acids is 4. The molecular weight excluding hydrogens is 380 g/mol. The summed E-state index contributed by atoms with van der Waals surface area (Å²) >= 11 is 0. The topological polar surface area (TPSA) is 88.5 Å². The average molecular weight is 400 g/mol. The second-order valence-corrected chi connectivity index (χ2v) is 6.99. The first-order valence-corrected chi connectivity index (χ1v) is 9.43. The minimum atomic E-state index is -0.589. The Morgan fingerprint density at radius 3 is 1.37 bits per heavy atom. The quantitative estimate of drug-likeness (QED) is 0.441. The molecular formula is C25H20O5. The highest BCUT2D eigenvalue weighted by molar-refractivity contribution is 6.18. The molecule has 0 bridgehead atoms. The molecule has 1 N–H and O–H groups in total. The number of phenolic OH excluding ortho intramolecular Hbond substituents is 1. The Morgan fingerprint density at radius 1 is 0.633 bits per heavy atom. The average Bonchev–Trinajstić information content (AvgIpc) is 2.76. The van der Waals surface area contributed by atoms with E-state index in [0.717, 1.165) is 0 Å². The van der Waals surface area contributed by atoms with Crippen LogP contribution in [0.25, 0.3) is 0 Å². The molecule has 0 aliphatic heterocycles. The molecule has 0 saturated heterocycles. The Morgan fingerprint density at radius 2 is 1.00 bits per heavy atom. The minimum absolute atomic E-state index is 0.102. The fourth-order valence-electron chi connectivity index (χ4n) is 3.14. The van der Waals surface area contributed by atoms with Gasteiger partial charge in [0.1, 0.15) is 5.75 Å². The van der Waals surface area contributed by atoms with E-state index in [9.17, 15) is 24.3 Å². The number of hydrogen-bond acceptors (Lipinski definition) is 5. The molecule has 150 valence electrons. The summed E-state index contributed by atoms with van der Waals surface area (Å²) in [7, 11) is 0. The lowest BCUT2D eigenvalue weighted by Crippen LogP contribution is -2.13. The summed E-state index contributed by atoms with van der Waals surface area (Å²) in [5.74, 6) is -2.44. The Hall–Kier alpha value is -3.86. The lowest BCUT2D eigenvalue weighted by molar-refractivity contribution is 0.0882. The SMILES string of the molecule is Cc1cc(C(=O)CC(=O)c2ccccc2)c(O)c(C(=O)CC(=O)c2ccccc2)c1. The molecule has 0 aromatic heterocycles. The maximum atomic E-state index is 12.7. The van der Waals surface area contributed by atoms with Crippen LogP contribution in [-0.2, 0) is 0 Å². The Bertz CT molecular complexity index is 1030. The lowest BCUT2D eigenvalue weighted by atomic mass is 9.94. The lowest BCUT2D eigenvalue weighted by Gasteiger charge is -2.10. The maximum absolute atomic E-state index is 12.7. The van der Waals surface area contributed by atoms with Crippen molar-refractivity contribution in [2.24, 2.45) is 0 Å². The largest absolute Gasteiger partial charge is 0.506 e. The van der Waals surface area contributed by atoms with Crippen LogP contribution in [0.1, 0.15) is 59.8 Å². The van der Waals surface area contributed by atoms with Gasteiger partial charge in [0.25, 0.3) is 0 Å². The van der Waals surface area contributed by atoms with Crippen LogP contribution in [0.2, 0.25) is 0 Å². The highest BCUT2D eigenvalue weighted by Gasteiger charge is 2.23. The predicted molar refractivity (Wildman–Crippen MR) is 112 cm³/mol. The standard InChI is InChI=1S/C25H20O5/c1-16-12-19(23(28)14-21(26)17-8-4-2-5-9-17)25(30)20(13-16)24(29)15-22(27)18-10-6-3-7-11-18/h2-13,30H,14-15H2,1H3. The van der Waals surface area contributed by atoms with Crippen LogP contribution in [0.3, 0.4) is 0 Å². The van der Waals surface area contributed by atoms with Gasteiger partial charge in [-0.15, -0.1) is 0 Å². The minimum Gasteiger partial charge on any atom is -0.506 e. The molecule has 0 aliphatic carbocycles. The molecule has 3 rings (SSSR count). The van der Waals surface area contributed by atoms with Crippen LogP contribution in [-0.4, -0.2) is 28.2 Å². The van der Waals surface area contributed by atoms with Crippen molar-refractivity contribution in [1.29, 1.82) is 0 Å². The van der Waals surface area contributed by atoms with Gasteiger partial charge in [-0.05, 0) is 24.6 Å². The number of rotatable bonds is 8. The van der Waals surface area contributed by atoms with Crippen LogP contribution < -0.4 is 0 Å². The van der Waals surface area contributed by atoms with Crippen LogP contribution in [0, 0.1) is 6.92 Å². The summed E-state index contributed by atoms with van der Waals surface area (Å²) in [4.78, 5) is 50.0. The van der Waals surface area contributed by atoms with Crippen molar-refractivity contribution in [2.45, 2.75) is 19.8 Å². The summed E-state index contributed by atoms with van der Waals surface area (Å²) in [6.45, 7) is 1.67. The van der Waals surface area contributed by atoms with Crippen molar-refractivity contribution in [3.63, 3.8) is 0 Å². The highest BCUT2D eigenvalue weighted by Crippen LogP contribution is 2.28. The van der Waals surface area contributed by atoms with Crippen molar-refractivity contribution in [3.05, 3.63) is 101 Å². The zero-order valence-electron chi connectivity index (χ0n) is 16.4. The third-order valence-electron chi connectivity index (χ3n) is 4.69. The maximum Gasteiger partial charge on any atom is 0.174 e. The molecule has 30 heavy (non-hydrogen) atoms. The Kier molecular flexibility index (Phi) is 6.32. The van der Waals surface area contributed by atoms with Crippen molar-refractivity contribution >= 4 is 23.1 Å². The number of hydrogen-bond donors (Lipinski definition) is 1. The van der Waals surface area contributed by atoms with Gasteiger partial charge in [-0.25, -0.2) is 0 Å². The van der Waals surface area contributed by atoms with Crippen molar-refractivity contribution < 1.29 is 24.3 Å². The van der Waals surface area contributed by atoms with E-state index in [0.29, 0.717) is 16.7 Å². The smallest absolute Gasteiger partial charge is 0.174 e. The number of aromatic hydroxyl groups is 1. The molecule has 3 aromatic carbocycles. The molecule has 0 fully saturated rings. The summed E-state index contributed by atoms with van der Waals surface area (Å²) in [6, 6.07) is 19.6. The van der Waals surface area contributed by atoms with Gasteiger partial charge in [-0.1, -0.05) is 60.7 Å². The molecule has 0 spiro atoms. The van der Waals surface area contributed by atoms with Gasteiger partial charge in [-0.2, -0.15) is 0 Å². The van der Waals surface area contributed by atoms with Gasteiger partial charge in [0.15, 0.2) is 23.1 Å². The Labute approximate surface area is 174 Å². The Balaban J connectivity index is 1.82. The second-order valence-electron chi connectivity index (χ2n) is 6.99. The van der Waals surface area contributed by atoms with Gasteiger partial charge in [0.05, 0.1) is 24.0 Å². The van der Waals surface area contributed by atoms with Crippen LogP contribution in [0.4, 0.5) is 0 Å². The van der Waals surface area contributed by atoms with E-state index >= 15 is 0 Å². The van der Waals surface area contributed by atoms with E-state index in [-0.39, 0.29) is 22.7 Å². The fraction of sp³-hybridized carbons (Fsp3) is 0.120. The number of aryl methyl sites for hydroxylation is 1. The first-order chi connectivity index (χ1) is 14.4. The molecule has 0 saturated carbocycles. The van der Waals surface area contributed by atoms with E-state index in [2.05, 4.69) is 0 Å². The van der Waals surface area contributed by atoms with Gasteiger partial charge in [0, 0.05) is 11.1 Å².